The third-order valence-corrected chi connectivity index (χ3v) is 3.78. The van der Waals surface area contributed by atoms with Crippen LogP contribution in [-0.4, -0.2) is 42.6 Å². The summed E-state index contributed by atoms with van der Waals surface area (Å²) < 4.78 is 5.09. The number of nitro groups is 1. The van der Waals surface area contributed by atoms with Crippen LogP contribution in [0.25, 0.3) is 0 Å². The molecule has 0 radical (unpaired) electrons. The molecule has 6 heteroatoms. The molecule has 116 valence electrons. The minimum Gasteiger partial charge on any atom is -0.490 e. The number of benzene rings is 1. The highest BCUT2D eigenvalue weighted by molar-refractivity contribution is 5.68. The first kappa shape index (κ1) is 15.6. The smallest absolute Gasteiger partial charge is 0.333 e. The van der Waals surface area contributed by atoms with Crippen molar-refractivity contribution in [3.63, 3.8) is 0 Å². The third-order valence-electron chi connectivity index (χ3n) is 3.78. The molecule has 0 bridgehead atoms. The Labute approximate surface area is 125 Å². The molecule has 1 aromatic rings. The van der Waals surface area contributed by atoms with Gasteiger partial charge in [0.25, 0.3) is 0 Å². The molecule has 0 saturated carbocycles. The normalized spacial score (nSPS) is 17.2. The first-order valence-corrected chi connectivity index (χ1v) is 7.42. The monoisotopic (exact) mass is 293 g/mol. The lowest BCUT2D eigenvalue weighted by Gasteiger charge is -2.29. The Morgan fingerprint density at radius 3 is 2.71 bits per heavy atom. The molecule has 1 unspecified atom stereocenters. The van der Waals surface area contributed by atoms with E-state index in [1.807, 2.05) is 0 Å². The number of rotatable bonds is 6. The fourth-order valence-electron chi connectivity index (χ4n) is 2.83. The van der Waals surface area contributed by atoms with Crippen molar-refractivity contribution in [2.24, 2.45) is 0 Å². The van der Waals surface area contributed by atoms with Gasteiger partial charge in [0.1, 0.15) is 5.69 Å². The Morgan fingerprint density at radius 2 is 2.10 bits per heavy atom. The molecule has 2 rings (SSSR count). The highest BCUT2D eigenvalue weighted by atomic mass is 16.6. The second-order valence-corrected chi connectivity index (χ2v) is 5.52. The molecule has 1 heterocycles. The molecule has 0 aliphatic carbocycles. The second-order valence-electron chi connectivity index (χ2n) is 5.52. The molecule has 21 heavy (non-hydrogen) atoms. The number of likely N-dealkylation sites (tertiary alicyclic amines) is 1. The average molecular weight is 293 g/mol. The Hall–Kier alpha value is -1.82. The van der Waals surface area contributed by atoms with Crippen molar-refractivity contribution in [3.8, 4) is 5.75 Å². The summed E-state index contributed by atoms with van der Waals surface area (Å²) in [7, 11) is 1.45. The summed E-state index contributed by atoms with van der Waals surface area (Å²) in [5, 5.41) is 14.5. The number of anilines is 1. The van der Waals surface area contributed by atoms with E-state index < -0.39 is 4.92 Å². The molecule has 1 saturated heterocycles. The summed E-state index contributed by atoms with van der Waals surface area (Å²) in [6, 6.07) is 5.25. The number of methoxy groups -OCH3 is 1. The van der Waals surface area contributed by atoms with E-state index in [2.05, 4.69) is 17.1 Å². The van der Waals surface area contributed by atoms with Crippen molar-refractivity contribution in [1.29, 1.82) is 0 Å². The summed E-state index contributed by atoms with van der Waals surface area (Å²) in [4.78, 5) is 13.3. The minimum atomic E-state index is -0.394. The average Bonchev–Trinajstić information content (AvgIpc) is 2.47. The van der Waals surface area contributed by atoms with E-state index in [4.69, 9.17) is 4.74 Å². The van der Waals surface area contributed by atoms with Gasteiger partial charge < -0.3 is 15.0 Å². The molecule has 0 aromatic heterocycles. The number of ether oxygens (including phenoxy) is 1. The molecular formula is C15H23N3O3. The fourth-order valence-corrected chi connectivity index (χ4v) is 2.83. The third kappa shape index (κ3) is 4.07. The van der Waals surface area contributed by atoms with Crippen LogP contribution in [0.2, 0.25) is 0 Å². The van der Waals surface area contributed by atoms with Gasteiger partial charge in [-0.3, -0.25) is 10.1 Å². The van der Waals surface area contributed by atoms with E-state index in [0.717, 1.165) is 19.6 Å². The SMILES string of the molecule is COc1cccc(NC(C)CN2CCCCC2)c1[N+](=O)[O-]. The number of nitro benzene ring substituents is 1. The van der Waals surface area contributed by atoms with Gasteiger partial charge in [-0.2, -0.15) is 0 Å². The molecule has 6 nitrogen and oxygen atoms in total. The topological polar surface area (TPSA) is 67.6 Å². The zero-order valence-electron chi connectivity index (χ0n) is 12.7. The predicted molar refractivity (Wildman–Crippen MR) is 83.0 cm³/mol. The lowest BCUT2D eigenvalue weighted by atomic mass is 10.1. The van der Waals surface area contributed by atoms with Crippen LogP contribution in [0.15, 0.2) is 18.2 Å². The van der Waals surface area contributed by atoms with Crippen LogP contribution in [0.1, 0.15) is 26.2 Å². The van der Waals surface area contributed by atoms with Crippen molar-refractivity contribution in [2.45, 2.75) is 32.2 Å². The van der Waals surface area contributed by atoms with Crippen molar-refractivity contribution in [1.82, 2.24) is 4.90 Å². The Kier molecular flexibility index (Phi) is 5.38. The van der Waals surface area contributed by atoms with E-state index >= 15 is 0 Å². The number of hydrogen-bond donors (Lipinski definition) is 1. The maximum atomic E-state index is 11.2. The number of nitrogens with one attached hydrogen (secondary N) is 1. The summed E-state index contributed by atoms with van der Waals surface area (Å²) in [6.07, 6.45) is 3.79. The van der Waals surface area contributed by atoms with Crippen molar-refractivity contribution in [2.75, 3.05) is 32.1 Å². The van der Waals surface area contributed by atoms with Crippen LogP contribution in [0.4, 0.5) is 11.4 Å². The first-order valence-electron chi connectivity index (χ1n) is 7.42. The molecule has 1 atom stereocenters. The standard InChI is InChI=1S/C15H23N3O3/c1-12(11-17-9-4-3-5-10-17)16-13-7-6-8-14(21-2)15(13)18(19)20/h6-8,12,16H,3-5,9-11H2,1-2H3. The lowest BCUT2D eigenvalue weighted by molar-refractivity contribution is -0.384. The maximum Gasteiger partial charge on any atom is 0.333 e. The summed E-state index contributed by atoms with van der Waals surface area (Å²) >= 11 is 0. The van der Waals surface area contributed by atoms with Crippen molar-refractivity contribution >= 4 is 11.4 Å². The number of para-hydroxylation sites is 1. The number of piperidine rings is 1. The van der Waals surface area contributed by atoms with Crippen molar-refractivity contribution < 1.29 is 9.66 Å². The van der Waals surface area contributed by atoms with Gasteiger partial charge >= 0.3 is 5.69 Å². The van der Waals surface area contributed by atoms with Crippen LogP contribution < -0.4 is 10.1 Å². The Balaban J connectivity index is 2.05. The molecule has 1 fully saturated rings. The van der Waals surface area contributed by atoms with Crippen LogP contribution in [0, 0.1) is 10.1 Å². The Bertz CT molecular complexity index is 487. The van der Waals surface area contributed by atoms with Crippen LogP contribution in [0.5, 0.6) is 5.75 Å². The largest absolute Gasteiger partial charge is 0.490 e. The van der Waals surface area contributed by atoms with Crippen LogP contribution in [0.3, 0.4) is 0 Å². The lowest BCUT2D eigenvalue weighted by Crippen LogP contribution is -2.38. The van der Waals surface area contributed by atoms with Gasteiger partial charge in [0, 0.05) is 12.6 Å². The highest BCUT2D eigenvalue weighted by Gasteiger charge is 2.22. The highest BCUT2D eigenvalue weighted by Crippen LogP contribution is 2.34. The van der Waals surface area contributed by atoms with E-state index in [1.165, 1.54) is 26.4 Å². The van der Waals surface area contributed by atoms with E-state index in [0.29, 0.717) is 5.69 Å². The van der Waals surface area contributed by atoms with E-state index in [9.17, 15) is 10.1 Å². The van der Waals surface area contributed by atoms with Gasteiger partial charge in [0.2, 0.25) is 0 Å². The zero-order chi connectivity index (χ0) is 15.2. The number of nitrogens with zero attached hydrogens (tertiary/aromatic N) is 2. The van der Waals surface area contributed by atoms with Gasteiger partial charge in [-0.15, -0.1) is 0 Å². The van der Waals surface area contributed by atoms with Crippen LogP contribution >= 0.6 is 0 Å². The molecular weight excluding hydrogens is 270 g/mol. The summed E-state index contributed by atoms with van der Waals surface area (Å²) in [5.74, 6) is 0.287. The fraction of sp³-hybridized carbons (Fsp3) is 0.600. The van der Waals surface area contributed by atoms with Gasteiger partial charge in [-0.25, -0.2) is 0 Å². The second kappa shape index (κ2) is 7.26. The molecule has 1 N–H and O–H groups in total. The minimum absolute atomic E-state index is 0.00509. The number of hydrogen-bond acceptors (Lipinski definition) is 5. The van der Waals surface area contributed by atoms with Gasteiger partial charge in [-0.1, -0.05) is 12.5 Å². The van der Waals surface area contributed by atoms with Crippen LogP contribution in [-0.2, 0) is 0 Å². The Morgan fingerprint density at radius 1 is 1.38 bits per heavy atom. The molecule has 0 spiro atoms. The summed E-state index contributed by atoms with van der Waals surface area (Å²) in [5.41, 5.74) is 0.523. The maximum absolute atomic E-state index is 11.2. The van der Waals surface area contributed by atoms with Crippen molar-refractivity contribution in [3.05, 3.63) is 28.3 Å². The predicted octanol–water partition coefficient (Wildman–Crippen LogP) is 2.89. The zero-order valence-corrected chi connectivity index (χ0v) is 12.7. The van der Waals surface area contributed by atoms with E-state index in [-0.39, 0.29) is 17.5 Å². The summed E-state index contributed by atoms with van der Waals surface area (Å²) in [6.45, 7) is 5.19. The molecule has 1 aliphatic heterocycles. The van der Waals surface area contributed by atoms with Gasteiger partial charge in [-0.05, 0) is 45.0 Å². The van der Waals surface area contributed by atoms with E-state index in [1.54, 1.807) is 18.2 Å². The molecule has 1 aromatic carbocycles. The molecule has 0 amide bonds. The van der Waals surface area contributed by atoms with Gasteiger partial charge in [0.05, 0.1) is 12.0 Å². The quantitative estimate of drug-likeness (QED) is 0.645. The molecule has 1 aliphatic rings. The first-order chi connectivity index (χ1) is 10.1. The van der Waals surface area contributed by atoms with Gasteiger partial charge in [0.15, 0.2) is 5.75 Å².